The summed E-state index contributed by atoms with van der Waals surface area (Å²) in [7, 11) is 0. The molecule has 0 radical (unpaired) electrons. The van der Waals surface area contributed by atoms with Crippen LogP contribution in [0, 0.1) is 5.92 Å². The highest BCUT2D eigenvalue weighted by molar-refractivity contribution is 5.42. The summed E-state index contributed by atoms with van der Waals surface area (Å²) in [4.78, 5) is 0. The van der Waals surface area contributed by atoms with Crippen LogP contribution in [0.15, 0.2) is 34.9 Å². The Labute approximate surface area is 75.7 Å². The first-order valence-electron chi connectivity index (χ1n) is 4.64. The maximum Gasteiger partial charge on any atom is -0.0224 e. The second kappa shape index (κ2) is 3.75. The maximum atomic E-state index is 2.34. The van der Waals surface area contributed by atoms with Crippen molar-refractivity contribution in [1.82, 2.24) is 0 Å². The van der Waals surface area contributed by atoms with Crippen molar-refractivity contribution in [1.29, 1.82) is 0 Å². The van der Waals surface area contributed by atoms with Gasteiger partial charge in [0, 0.05) is 0 Å². The van der Waals surface area contributed by atoms with Crippen molar-refractivity contribution in [2.45, 2.75) is 34.1 Å². The molecule has 0 aromatic heterocycles. The minimum absolute atomic E-state index is 0.721. The number of allylic oxidation sites excluding steroid dienone is 6. The molecule has 0 N–H and O–H groups in total. The van der Waals surface area contributed by atoms with E-state index < -0.39 is 0 Å². The maximum absolute atomic E-state index is 2.34. The fourth-order valence-corrected chi connectivity index (χ4v) is 1.29. The molecule has 0 bridgehead atoms. The van der Waals surface area contributed by atoms with E-state index in [0.29, 0.717) is 0 Å². The number of hydrogen-bond acceptors (Lipinski definition) is 0. The molecule has 1 unspecified atom stereocenters. The van der Waals surface area contributed by atoms with Gasteiger partial charge in [-0.1, -0.05) is 30.7 Å². The summed E-state index contributed by atoms with van der Waals surface area (Å²) in [6, 6.07) is 0. The van der Waals surface area contributed by atoms with Crippen LogP contribution in [0.4, 0.5) is 0 Å². The lowest BCUT2D eigenvalue weighted by Gasteiger charge is -2.13. The van der Waals surface area contributed by atoms with Crippen molar-refractivity contribution in [2.75, 3.05) is 0 Å². The monoisotopic (exact) mass is 162 g/mol. The average Bonchev–Trinajstić information content (AvgIpc) is 2.04. The predicted molar refractivity (Wildman–Crippen MR) is 55.1 cm³/mol. The summed E-state index contributed by atoms with van der Waals surface area (Å²) in [5.74, 6) is 0.721. The predicted octanol–water partition coefficient (Wildman–Crippen LogP) is 3.87. The van der Waals surface area contributed by atoms with Gasteiger partial charge in [-0.15, -0.1) is 0 Å². The van der Waals surface area contributed by atoms with E-state index in [1.807, 2.05) is 0 Å². The first-order chi connectivity index (χ1) is 5.61. The Balaban J connectivity index is 2.81. The largest absolute Gasteiger partial charge is 0.0808 e. The Bertz CT molecular complexity index is 247. The van der Waals surface area contributed by atoms with Crippen LogP contribution in [-0.2, 0) is 0 Å². The molecule has 0 heteroatoms. The van der Waals surface area contributed by atoms with Gasteiger partial charge >= 0.3 is 0 Å². The van der Waals surface area contributed by atoms with E-state index >= 15 is 0 Å². The summed E-state index contributed by atoms with van der Waals surface area (Å²) in [6.07, 6.45) is 8.07. The van der Waals surface area contributed by atoms with Gasteiger partial charge in [0.05, 0.1) is 0 Å². The van der Waals surface area contributed by atoms with E-state index in [0.717, 1.165) is 5.92 Å². The molecule has 66 valence electrons. The molecular weight excluding hydrogens is 144 g/mol. The fraction of sp³-hybridized carbons (Fsp3) is 0.500. The van der Waals surface area contributed by atoms with E-state index in [9.17, 15) is 0 Å². The van der Waals surface area contributed by atoms with Crippen LogP contribution in [0.2, 0.25) is 0 Å². The third kappa shape index (κ3) is 2.10. The van der Waals surface area contributed by atoms with Gasteiger partial charge in [0.2, 0.25) is 0 Å². The first-order valence-corrected chi connectivity index (χ1v) is 4.64. The lowest BCUT2D eigenvalue weighted by Crippen LogP contribution is -1.96. The normalized spacial score (nSPS) is 22.0. The second-order valence-corrected chi connectivity index (χ2v) is 3.86. The highest BCUT2D eigenvalue weighted by Crippen LogP contribution is 2.22. The Morgan fingerprint density at radius 3 is 2.42 bits per heavy atom. The molecule has 0 aromatic carbocycles. The lowest BCUT2D eigenvalue weighted by atomic mass is 9.93. The van der Waals surface area contributed by atoms with Gasteiger partial charge in [-0.25, -0.2) is 0 Å². The average molecular weight is 162 g/mol. The molecule has 1 atom stereocenters. The molecule has 0 heterocycles. The Morgan fingerprint density at radius 2 is 2.00 bits per heavy atom. The van der Waals surface area contributed by atoms with E-state index in [-0.39, 0.29) is 0 Å². The molecule has 12 heavy (non-hydrogen) atoms. The quantitative estimate of drug-likeness (QED) is 0.549. The summed E-state index contributed by atoms with van der Waals surface area (Å²) in [5.41, 5.74) is 4.26. The van der Waals surface area contributed by atoms with Gasteiger partial charge in [0.25, 0.3) is 0 Å². The standard InChI is InChI=1S/C12H18/c1-9(2)11(4)12-7-5-10(3)6-8-12/h5,7-8,10H,6H2,1-4H3. The van der Waals surface area contributed by atoms with Crippen molar-refractivity contribution in [2.24, 2.45) is 5.92 Å². The molecule has 0 saturated heterocycles. The van der Waals surface area contributed by atoms with Crippen LogP contribution in [0.5, 0.6) is 0 Å². The van der Waals surface area contributed by atoms with Crippen LogP contribution in [-0.4, -0.2) is 0 Å². The van der Waals surface area contributed by atoms with Crippen LogP contribution < -0.4 is 0 Å². The van der Waals surface area contributed by atoms with E-state index in [1.165, 1.54) is 23.1 Å². The molecular formula is C12H18. The molecule has 0 amide bonds. The highest BCUT2D eigenvalue weighted by atomic mass is 14.1. The van der Waals surface area contributed by atoms with Gasteiger partial charge in [-0.2, -0.15) is 0 Å². The molecule has 1 aliphatic carbocycles. The van der Waals surface area contributed by atoms with E-state index in [2.05, 4.69) is 45.9 Å². The number of rotatable bonds is 1. The minimum atomic E-state index is 0.721. The van der Waals surface area contributed by atoms with Gasteiger partial charge < -0.3 is 0 Å². The van der Waals surface area contributed by atoms with Crippen molar-refractivity contribution < 1.29 is 0 Å². The molecule has 0 nitrogen and oxygen atoms in total. The SMILES string of the molecule is CC(C)=C(C)C1=CCC(C)C=C1. The topological polar surface area (TPSA) is 0 Å². The van der Waals surface area contributed by atoms with Crippen molar-refractivity contribution in [3.63, 3.8) is 0 Å². The smallest absolute Gasteiger partial charge is 0.0224 e. The van der Waals surface area contributed by atoms with Gasteiger partial charge in [-0.3, -0.25) is 0 Å². The van der Waals surface area contributed by atoms with Crippen LogP contribution in [0.3, 0.4) is 0 Å². The Morgan fingerprint density at radius 1 is 1.33 bits per heavy atom. The van der Waals surface area contributed by atoms with E-state index in [4.69, 9.17) is 0 Å². The highest BCUT2D eigenvalue weighted by Gasteiger charge is 2.04. The van der Waals surface area contributed by atoms with Crippen LogP contribution in [0.25, 0.3) is 0 Å². The van der Waals surface area contributed by atoms with Crippen molar-refractivity contribution >= 4 is 0 Å². The van der Waals surface area contributed by atoms with Crippen LogP contribution in [0.1, 0.15) is 34.1 Å². The van der Waals surface area contributed by atoms with E-state index in [1.54, 1.807) is 0 Å². The summed E-state index contributed by atoms with van der Waals surface area (Å²) in [5, 5.41) is 0. The molecule has 0 spiro atoms. The molecule has 0 aromatic rings. The Kier molecular flexibility index (Phi) is 2.91. The molecule has 1 rings (SSSR count). The zero-order valence-corrected chi connectivity index (χ0v) is 8.52. The van der Waals surface area contributed by atoms with Crippen molar-refractivity contribution in [3.05, 3.63) is 34.9 Å². The summed E-state index contributed by atoms with van der Waals surface area (Å²) in [6.45, 7) is 8.78. The molecule has 0 aliphatic heterocycles. The van der Waals surface area contributed by atoms with Crippen LogP contribution >= 0.6 is 0 Å². The molecule has 0 saturated carbocycles. The Hall–Kier alpha value is -0.780. The first kappa shape index (κ1) is 9.31. The summed E-state index contributed by atoms with van der Waals surface area (Å²) >= 11 is 0. The second-order valence-electron chi connectivity index (χ2n) is 3.86. The fourth-order valence-electron chi connectivity index (χ4n) is 1.29. The van der Waals surface area contributed by atoms with Gasteiger partial charge in [-0.05, 0) is 44.3 Å². The molecule has 1 aliphatic rings. The third-order valence-corrected chi connectivity index (χ3v) is 2.50. The zero-order valence-electron chi connectivity index (χ0n) is 8.52. The van der Waals surface area contributed by atoms with Gasteiger partial charge in [0.15, 0.2) is 0 Å². The minimum Gasteiger partial charge on any atom is -0.0808 e. The van der Waals surface area contributed by atoms with Crippen molar-refractivity contribution in [3.8, 4) is 0 Å². The van der Waals surface area contributed by atoms with Gasteiger partial charge in [0.1, 0.15) is 0 Å². The molecule has 0 fully saturated rings. The third-order valence-electron chi connectivity index (χ3n) is 2.50. The lowest BCUT2D eigenvalue weighted by molar-refractivity contribution is 0.731. The summed E-state index contributed by atoms with van der Waals surface area (Å²) < 4.78 is 0. The zero-order chi connectivity index (χ0) is 9.14. The number of hydrogen-bond donors (Lipinski definition) is 0.